The van der Waals surface area contributed by atoms with E-state index in [1.54, 1.807) is 43.4 Å². The maximum Gasteiger partial charge on any atom is 0.351 e. The summed E-state index contributed by atoms with van der Waals surface area (Å²) in [7, 11) is 0. The summed E-state index contributed by atoms with van der Waals surface area (Å²) in [5.74, 6) is -0.365. The van der Waals surface area contributed by atoms with Gasteiger partial charge in [0.1, 0.15) is 4.88 Å². The van der Waals surface area contributed by atoms with Crippen LogP contribution in [-0.4, -0.2) is 44.0 Å². The average Bonchev–Trinajstić information content (AvgIpc) is 3.45. The van der Waals surface area contributed by atoms with Crippen molar-refractivity contribution in [3.05, 3.63) is 40.6 Å². The Balaban J connectivity index is 1.50. The number of ether oxygens (including phenoxy) is 1. The Hall–Kier alpha value is -2.72. The van der Waals surface area contributed by atoms with Gasteiger partial charge in [-0.2, -0.15) is 0 Å². The van der Waals surface area contributed by atoms with Crippen molar-refractivity contribution in [3.63, 3.8) is 0 Å². The van der Waals surface area contributed by atoms with Crippen LogP contribution in [0.5, 0.6) is 0 Å². The average molecular weight is 458 g/mol. The van der Waals surface area contributed by atoms with Crippen LogP contribution < -0.4 is 4.90 Å². The van der Waals surface area contributed by atoms with Gasteiger partial charge in [-0.25, -0.2) is 24.7 Å². The Morgan fingerprint density at radius 2 is 1.87 bits per heavy atom. The molecule has 0 bridgehead atoms. The normalized spacial score (nSPS) is 15.4. The van der Waals surface area contributed by atoms with Crippen LogP contribution in [-0.2, 0) is 9.53 Å². The largest absolute Gasteiger partial charge is 0.448 e. The summed E-state index contributed by atoms with van der Waals surface area (Å²) in [6, 6.07) is 1.80. The lowest BCUT2D eigenvalue weighted by Crippen LogP contribution is -2.47. The molecule has 0 saturated heterocycles. The zero-order valence-corrected chi connectivity index (χ0v) is 19.0. The van der Waals surface area contributed by atoms with Gasteiger partial charge >= 0.3 is 5.97 Å². The Morgan fingerprint density at radius 1 is 1.13 bits per heavy atom. The molecule has 1 saturated carbocycles. The maximum atomic E-state index is 13.3. The molecular formula is C21H23N5O3S2. The predicted molar refractivity (Wildman–Crippen MR) is 119 cm³/mol. The third kappa shape index (κ3) is 4.80. The third-order valence-electron chi connectivity index (χ3n) is 5.17. The molecule has 3 aromatic rings. The van der Waals surface area contributed by atoms with Crippen LogP contribution in [0.4, 0.5) is 5.13 Å². The highest BCUT2D eigenvalue weighted by Crippen LogP contribution is 2.30. The smallest absolute Gasteiger partial charge is 0.351 e. The van der Waals surface area contributed by atoms with Crippen LogP contribution in [0.1, 0.15) is 54.4 Å². The fraction of sp³-hybridized carbons (Fsp3) is 0.429. The van der Waals surface area contributed by atoms with E-state index in [-0.39, 0.29) is 11.9 Å². The molecule has 162 valence electrons. The van der Waals surface area contributed by atoms with Gasteiger partial charge in [0.15, 0.2) is 22.1 Å². The molecule has 3 heterocycles. The molecule has 1 amide bonds. The van der Waals surface area contributed by atoms with E-state index in [1.807, 2.05) is 5.38 Å². The molecule has 8 nitrogen and oxygen atoms in total. The number of carbonyl (C=O) groups excluding carboxylic acids is 2. The topological polar surface area (TPSA) is 98.2 Å². The van der Waals surface area contributed by atoms with Crippen LogP contribution in [0.3, 0.4) is 0 Å². The first-order chi connectivity index (χ1) is 15.0. The number of hydrogen-bond donors (Lipinski definition) is 0. The molecule has 3 aromatic heterocycles. The molecule has 1 atom stereocenters. The second-order valence-electron chi connectivity index (χ2n) is 7.37. The minimum Gasteiger partial charge on any atom is -0.448 e. The van der Waals surface area contributed by atoms with E-state index in [1.165, 1.54) is 17.8 Å². The van der Waals surface area contributed by atoms with Crippen molar-refractivity contribution in [2.24, 2.45) is 0 Å². The summed E-state index contributed by atoms with van der Waals surface area (Å²) in [4.78, 5) is 45.3. The second kappa shape index (κ2) is 9.61. The van der Waals surface area contributed by atoms with Gasteiger partial charge in [0.05, 0.1) is 5.69 Å². The number of thiazole rings is 2. The molecule has 0 spiro atoms. The van der Waals surface area contributed by atoms with Crippen LogP contribution >= 0.6 is 22.7 Å². The molecule has 0 radical (unpaired) electrons. The third-order valence-corrected chi connectivity index (χ3v) is 7.08. The number of anilines is 1. The van der Waals surface area contributed by atoms with Crippen LogP contribution in [0.2, 0.25) is 0 Å². The fourth-order valence-electron chi connectivity index (χ4n) is 3.66. The van der Waals surface area contributed by atoms with Gasteiger partial charge in [-0.05, 0) is 32.8 Å². The highest BCUT2D eigenvalue weighted by molar-refractivity contribution is 7.17. The lowest BCUT2D eigenvalue weighted by molar-refractivity contribution is -0.127. The van der Waals surface area contributed by atoms with Gasteiger partial charge < -0.3 is 4.74 Å². The van der Waals surface area contributed by atoms with Crippen molar-refractivity contribution in [2.75, 3.05) is 4.90 Å². The first-order valence-corrected chi connectivity index (χ1v) is 11.9. The number of aryl methyl sites for hydroxylation is 1. The number of amides is 1. The van der Waals surface area contributed by atoms with Crippen LogP contribution in [0.25, 0.3) is 10.8 Å². The SMILES string of the molecule is Cc1nc(-c2ncccn2)sc1C(=O)OC(C)C(=O)N(c1nccs1)C1CCCCC1. The maximum absolute atomic E-state index is 13.3. The zero-order valence-electron chi connectivity index (χ0n) is 17.4. The van der Waals surface area contributed by atoms with E-state index >= 15 is 0 Å². The zero-order chi connectivity index (χ0) is 21.8. The number of aromatic nitrogens is 4. The first kappa shape index (κ1) is 21.5. The highest BCUT2D eigenvalue weighted by Gasteiger charge is 2.33. The van der Waals surface area contributed by atoms with E-state index in [9.17, 15) is 9.59 Å². The van der Waals surface area contributed by atoms with E-state index in [4.69, 9.17) is 4.74 Å². The molecule has 0 aliphatic heterocycles. The molecular weight excluding hydrogens is 434 g/mol. The summed E-state index contributed by atoms with van der Waals surface area (Å²) in [5, 5.41) is 3.04. The van der Waals surface area contributed by atoms with Gasteiger partial charge in [0, 0.05) is 30.0 Å². The number of hydrogen-bond acceptors (Lipinski definition) is 9. The van der Waals surface area contributed by atoms with Crippen molar-refractivity contribution < 1.29 is 14.3 Å². The summed E-state index contributed by atoms with van der Waals surface area (Å²) < 4.78 is 5.57. The minimum absolute atomic E-state index is 0.0838. The number of esters is 1. The predicted octanol–water partition coefficient (Wildman–Crippen LogP) is 4.28. The van der Waals surface area contributed by atoms with Crippen molar-refractivity contribution in [3.8, 4) is 10.8 Å². The molecule has 4 rings (SSSR count). The Bertz CT molecular complexity index is 1030. The molecule has 31 heavy (non-hydrogen) atoms. The lowest BCUT2D eigenvalue weighted by atomic mass is 9.94. The Labute approximate surface area is 188 Å². The summed E-state index contributed by atoms with van der Waals surface area (Å²) in [6.45, 7) is 3.34. The van der Waals surface area contributed by atoms with Crippen LogP contribution in [0, 0.1) is 6.92 Å². The van der Waals surface area contributed by atoms with E-state index < -0.39 is 12.1 Å². The fourth-order valence-corrected chi connectivity index (χ4v) is 5.27. The highest BCUT2D eigenvalue weighted by atomic mass is 32.1. The Kier molecular flexibility index (Phi) is 6.67. The van der Waals surface area contributed by atoms with Crippen molar-refractivity contribution in [1.82, 2.24) is 19.9 Å². The van der Waals surface area contributed by atoms with E-state index in [0.29, 0.717) is 26.5 Å². The monoisotopic (exact) mass is 457 g/mol. The molecule has 1 aliphatic carbocycles. The second-order valence-corrected chi connectivity index (χ2v) is 9.24. The van der Waals surface area contributed by atoms with Gasteiger partial charge in [0.25, 0.3) is 5.91 Å². The Morgan fingerprint density at radius 3 is 2.55 bits per heavy atom. The quantitative estimate of drug-likeness (QED) is 0.510. The number of carbonyl (C=O) groups is 2. The minimum atomic E-state index is -0.934. The van der Waals surface area contributed by atoms with E-state index in [2.05, 4.69) is 19.9 Å². The molecule has 1 fully saturated rings. The van der Waals surface area contributed by atoms with Gasteiger partial charge in [0.2, 0.25) is 0 Å². The van der Waals surface area contributed by atoms with Crippen molar-refractivity contribution >= 4 is 39.7 Å². The van der Waals surface area contributed by atoms with Gasteiger partial charge in [-0.1, -0.05) is 19.3 Å². The summed E-state index contributed by atoms with van der Waals surface area (Å²) >= 11 is 2.58. The van der Waals surface area contributed by atoms with Crippen LogP contribution in [0.15, 0.2) is 30.0 Å². The summed E-state index contributed by atoms with van der Waals surface area (Å²) in [6.07, 6.45) is 9.20. The van der Waals surface area contributed by atoms with Crippen molar-refractivity contribution in [1.29, 1.82) is 0 Å². The first-order valence-electron chi connectivity index (χ1n) is 10.2. The van der Waals surface area contributed by atoms with Crippen molar-refractivity contribution in [2.45, 2.75) is 58.1 Å². The molecule has 0 aromatic carbocycles. The lowest BCUT2D eigenvalue weighted by Gasteiger charge is -2.33. The van der Waals surface area contributed by atoms with Gasteiger partial charge in [-0.3, -0.25) is 9.69 Å². The molecule has 0 N–H and O–H groups in total. The molecule has 10 heteroatoms. The molecule has 1 unspecified atom stereocenters. The van der Waals surface area contributed by atoms with E-state index in [0.717, 1.165) is 37.0 Å². The summed E-state index contributed by atoms with van der Waals surface area (Å²) in [5.41, 5.74) is 0.529. The number of rotatable bonds is 6. The molecule has 1 aliphatic rings. The number of nitrogens with zero attached hydrogens (tertiary/aromatic N) is 5. The van der Waals surface area contributed by atoms with Gasteiger partial charge in [-0.15, -0.1) is 22.7 Å². The standard InChI is InChI=1S/C21H23N5O3S2/c1-13-16(31-18(25-13)17-22-9-6-10-23-17)20(28)29-14(2)19(27)26(21-24-11-12-30-21)15-7-4-3-5-8-15/h6,9-12,14-15H,3-5,7-8H2,1-2H3.